The number of hydrogen-bond donors (Lipinski definition) is 3. The lowest BCUT2D eigenvalue weighted by molar-refractivity contribution is -0.137. The summed E-state index contributed by atoms with van der Waals surface area (Å²) in [5, 5.41) is 14.5. The van der Waals surface area contributed by atoms with Crippen molar-refractivity contribution in [3.8, 4) is 23.0 Å². The number of amides is 2. The molecule has 2 amide bonds. The molecule has 13 heteroatoms. The first-order chi connectivity index (χ1) is 20.2. The van der Waals surface area contributed by atoms with E-state index in [2.05, 4.69) is 15.6 Å². The van der Waals surface area contributed by atoms with Gasteiger partial charge in [0, 0.05) is 35.1 Å². The number of benzene rings is 3. The molecule has 220 valence electrons. The van der Waals surface area contributed by atoms with Crippen LogP contribution in [0, 0.1) is 17.0 Å². The number of aromatic nitrogens is 1. The van der Waals surface area contributed by atoms with Crippen LogP contribution in [0.15, 0.2) is 66.9 Å². The lowest BCUT2D eigenvalue weighted by Gasteiger charge is -2.16. The molecule has 3 N–H and O–H groups in total. The number of rotatable bonds is 11. The second-order valence-corrected chi connectivity index (χ2v) is 9.57. The van der Waals surface area contributed by atoms with E-state index in [-0.39, 0.29) is 53.3 Å². The molecule has 0 unspecified atom stereocenters. The van der Waals surface area contributed by atoms with Crippen molar-refractivity contribution in [1.29, 1.82) is 0 Å². The Morgan fingerprint density at radius 1 is 0.884 bits per heavy atom. The SMILES string of the molecule is COc1cc2c(Oc3ccc(NC(=O)C4(C(=O)Nc5ccc(F)cc5)CC4)cc3F)ccnc2cc1OCCC(=O)O.[MgH2]. The molecule has 1 saturated carbocycles. The topological polar surface area (TPSA) is 136 Å². The fourth-order valence-corrected chi connectivity index (χ4v) is 4.23. The molecule has 0 saturated heterocycles. The fraction of sp³-hybridized carbons (Fsp3) is 0.200. The number of anilines is 2. The summed E-state index contributed by atoms with van der Waals surface area (Å²) >= 11 is 0. The van der Waals surface area contributed by atoms with Crippen molar-refractivity contribution in [3.05, 3.63) is 78.5 Å². The lowest BCUT2D eigenvalue weighted by atomic mass is 10.0. The molecule has 1 heterocycles. The maximum absolute atomic E-state index is 15.1. The first-order valence-corrected chi connectivity index (χ1v) is 12.9. The highest BCUT2D eigenvalue weighted by Crippen LogP contribution is 2.47. The first kappa shape index (κ1) is 31.4. The van der Waals surface area contributed by atoms with E-state index in [1.54, 1.807) is 18.2 Å². The van der Waals surface area contributed by atoms with Crippen LogP contribution in [0.3, 0.4) is 0 Å². The normalized spacial score (nSPS) is 12.9. The monoisotopic (exact) mass is 603 g/mol. The van der Waals surface area contributed by atoms with Crippen LogP contribution < -0.4 is 24.8 Å². The van der Waals surface area contributed by atoms with Crippen LogP contribution >= 0.6 is 0 Å². The van der Waals surface area contributed by atoms with Gasteiger partial charge in [0.15, 0.2) is 23.1 Å². The van der Waals surface area contributed by atoms with Gasteiger partial charge in [-0.25, -0.2) is 8.78 Å². The van der Waals surface area contributed by atoms with Crippen LogP contribution in [-0.4, -0.2) is 64.6 Å². The molecule has 10 nitrogen and oxygen atoms in total. The van der Waals surface area contributed by atoms with Gasteiger partial charge in [0.25, 0.3) is 0 Å². The summed E-state index contributed by atoms with van der Waals surface area (Å²) < 4.78 is 45.0. The van der Waals surface area contributed by atoms with E-state index in [0.29, 0.717) is 40.9 Å². The number of pyridine rings is 1. The Balaban J connectivity index is 0.00000423. The molecule has 0 radical (unpaired) electrons. The van der Waals surface area contributed by atoms with Crippen LogP contribution in [-0.2, 0) is 14.4 Å². The molecule has 0 aliphatic heterocycles. The highest BCUT2D eigenvalue weighted by Gasteiger charge is 2.56. The Morgan fingerprint density at radius 3 is 2.19 bits per heavy atom. The number of hydrogen-bond acceptors (Lipinski definition) is 7. The molecule has 0 atom stereocenters. The van der Waals surface area contributed by atoms with Gasteiger partial charge in [-0.05, 0) is 61.4 Å². The largest absolute Gasteiger partial charge is 0.493 e. The fourth-order valence-electron chi connectivity index (χ4n) is 4.23. The molecule has 1 aromatic heterocycles. The number of methoxy groups -OCH3 is 1. The molecule has 1 aliphatic rings. The van der Waals surface area contributed by atoms with E-state index >= 15 is 4.39 Å². The third kappa shape index (κ3) is 7.12. The van der Waals surface area contributed by atoms with Gasteiger partial charge in [0.05, 0.1) is 25.7 Å². The van der Waals surface area contributed by atoms with E-state index < -0.39 is 34.8 Å². The molecule has 3 aromatic carbocycles. The molecule has 0 spiro atoms. The second kappa shape index (κ2) is 13.2. The van der Waals surface area contributed by atoms with Crippen LogP contribution in [0.5, 0.6) is 23.0 Å². The van der Waals surface area contributed by atoms with Crippen LogP contribution in [0.2, 0.25) is 0 Å². The predicted octanol–water partition coefficient (Wildman–Crippen LogP) is 4.61. The summed E-state index contributed by atoms with van der Waals surface area (Å²) in [7, 11) is 1.42. The number of aliphatic carboxylic acids is 1. The average molecular weight is 604 g/mol. The summed E-state index contributed by atoms with van der Waals surface area (Å²) in [5.74, 6) is -2.59. The third-order valence-corrected chi connectivity index (χ3v) is 6.69. The number of nitrogens with zero attached hydrogens (tertiary/aromatic N) is 1. The Morgan fingerprint density at radius 2 is 1.56 bits per heavy atom. The maximum atomic E-state index is 15.1. The highest BCUT2D eigenvalue weighted by atomic mass is 24.3. The number of nitrogens with one attached hydrogen (secondary N) is 2. The van der Waals surface area contributed by atoms with Gasteiger partial charge in [0.1, 0.15) is 17.0 Å². The second-order valence-electron chi connectivity index (χ2n) is 9.57. The molecule has 4 aromatic rings. The summed E-state index contributed by atoms with van der Waals surface area (Å²) in [5.41, 5.74) is -0.367. The lowest BCUT2D eigenvalue weighted by Crippen LogP contribution is -2.35. The van der Waals surface area contributed by atoms with Gasteiger partial charge in [0.2, 0.25) is 11.8 Å². The van der Waals surface area contributed by atoms with Crippen molar-refractivity contribution in [1.82, 2.24) is 4.98 Å². The van der Waals surface area contributed by atoms with Gasteiger partial charge in [-0.3, -0.25) is 19.4 Å². The molecular weight excluding hydrogens is 577 g/mol. The summed E-state index contributed by atoms with van der Waals surface area (Å²) in [6.45, 7) is -0.0679. The van der Waals surface area contributed by atoms with Gasteiger partial charge >= 0.3 is 29.0 Å². The molecule has 43 heavy (non-hydrogen) atoms. The van der Waals surface area contributed by atoms with E-state index in [1.807, 2.05) is 0 Å². The number of halogens is 2. The van der Waals surface area contributed by atoms with E-state index in [1.165, 1.54) is 49.7 Å². The molecule has 0 bridgehead atoms. The van der Waals surface area contributed by atoms with E-state index in [4.69, 9.17) is 19.3 Å². The average Bonchev–Trinajstić information content (AvgIpc) is 3.78. The Kier molecular flexibility index (Phi) is 9.66. The molecular formula is C30H27F2MgN3O7. The third-order valence-electron chi connectivity index (χ3n) is 6.69. The number of fused-ring (bicyclic) bond motifs is 1. The summed E-state index contributed by atoms with van der Waals surface area (Å²) in [6, 6.07) is 13.8. The van der Waals surface area contributed by atoms with Gasteiger partial charge in [-0.2, -0.15) is 0 Å². The number of carboxylic acids is 1. The van der Waals surface area contributed by atoms with Crippen molar-refractivity contribution >= 4 is 63.1 Å². The number of carbonyl (C=O) groups is 3. The van der Waals surface area contributed by atoms with Crippen molar-refractivity contribution in [2.24, 2.45) is 5.41 Å². The van der Waals surface area contributed by atoms with Crippen LogP contribution in [0.1, 0.15) is 19.3 Å². The van der Waals surface area contributed by atoms with Gasteiger partial charge < -0.3 is 30.0 Å². The van der Waals surface area contributed by atoms with Gasteiger partial charge in [-0.15, -0.1) is 0 Å². The summed E-state index contributed by atoms with van der Waals surface area (Å²) in [6.07, 6.45) is 1.91. The zero-order valence-electron chi connectivity index (χ0n) is 22.3. The van der Waals surface area contributed by atoms with Crippen molar-refractivity contribution in [3.63, 3.8) is 0 Å². The zero-order chi connectivity index (χ0) is 29.9. The Hall–Kier alpha value is -4.49. The highest BCUT2D eigenvalue weighted by molar-refractivity contribution is 6.16. The molecule has 5 rings (SSSR count). The number of ether oxygens (including phenoxy) is 3. The van der Waals surface area contributed by atoms with Crippen LogP contribution in [0.4, 0.5) is 20.2 Å². The summed E-state index contributed by atoms with van der Waals surface area (Å²) in [4.78, 5) is 40.8. The first-order valence-electron chi connectivity index (χ1n) is 12.9. The van der Waals surface area contributed by atoms with Gasteiger partial charge in [-0.1, -0.05) is 0 Å². The minimum absolute atomic E-state index is 0. The zero-order valence-corrected chi connectivity index (χ0v) is 22.3. The minimum Gasteiger partial charge on any atom is -0.493 e. The van der Waals surface area contributed by atoms with Crippen molar-refractivity contribution < 1.29 is 42.5 Å². The minimum atomic E-state index is -1.30. The standard InChI is InChI=1S/C30H25F2N3O7.Mg.2H/c1-40-25-15-20-22(16-26(25)41-13-9-27(36)37)33-12-8-23(20)42-24-7-6-19(14-21(24)32)35-29(39)30(10-11-30)28(38)34-18-4-2-17(31)3-5-18;;;/h2-8,12,14-16H,9-11,13H2,1H3,(H,34,38)(H,35,39)(H,36,37);;;. The predicted molar refractivity (Wildman–Crippen MR) is 156 cm³/mol. The molecule has 1 aliphatic carbocycles. The van der Waals surface area contributed by atoms with Crippen molar-refractivity contribution in [2.75, 3.05) is 24.4 Å². The smallest absolute Gasteiger partial charge is 0.316 e. The van der Waals surface area contributed by atoms with E-state index in [0.717, 1.165) is 6.07 Å². The number of carbonyl (C=O) groups excluding carboxylic acids is 2. The number of carboxylic acid groups (broad SMARTS) is 1. The molecule has 1 fully saturated rings. The maximum Gasteiger partial charge on any atom is 0.316 e. The quantitative estimate of drug-likeness (QED) is 0.167. The van der Waals surface area contributed by atoms with E-state index in [9.17, 15) is 18.8 Å². The Labute approximate surface area is 260 Å². The van der Waals surface area contributed by atoms with Crippen molar-refractivity contribution in [2.45, 2.75) is 19.3 Å². The Bertz CT molecular complexity index is 1680. The van der Waals surface area contributed by atoms with Crippen LogP contribution in [0.25, 0.3) is 10.9 Å².